The van der Waals surface area contributed by atoms with Gasteiger partial charge < -0.3 is 10.1 Å². The molecule has 1 aliphatic rings. The Hall–Kier alpha value is -5.32. The molecule has 4 rings (SSSR count). The van der Waals surface area contributed by atoms with Crippen molar-refractivity contribution in [2.24, 2.45) is 11.0 Å². The Balaban J connectivity index is 1.40. The number of nitrogens with one attached hydrogen (secondary N) is 3. The van der Waals surface area contributed by atoms with Gasteiger partial charge in [-0.05, 0) is 48.5 Å². The molecule has 0 aromatic heterocycles. The number of amides is 6. The third-order valence-corrected chi connectivity index (χ3v) is 5.36. The van der Waals surface area contributed by atoms with E-state index in [1.54, 1.807) is 60.7 Å². The fourth-order valence-electron chi connectivity index (χ4n) is 3.50. The minimum Gasteiger partial charge on any atom is -0.495 e. The summed E-state index contributed by atoms with van der Waals surface area (Å²) in [6, 6.07) is 20.1. The number of benzene rings is 3. The first kappa shape index (κ1) is 24.8. The molecule has 1 fully saturated rings. The molecule has 0 spiro atoms. The number of anilines is 2. The van der Waals surface area contributed by atoms with Gasteiger partial charge in [-0.3, -0.25) is 24.5 Å². The molecule has 0 unspecified atom stereocenters. The van der Waals surface area contributed by atoms with Gasteiger partial charge in [0, 0.05) is 23.0 Å². The molecule has 3 aromatic rings. The highest BCUT2D eigenvalue weighted by molar-refractivity contribution is 6.33. The molecule has 1 saturated heterocycles. The van der Waals surface area contributed by atoms with Gasteiger partial charge in [-0.25, -0.2) is 15.1 Å². The van der Waals surface area contributed by atoms with Crippen LogP contribution in [0.4, 0.5) is 16.2 Å². The SMILES string of the molecule is COc1ccccc1N1C(=O)NC(=O)[C@@H](/C=N\NC(=O)c2ccc(NC(=O)c3ccccc3)cc2)C1=O. The molecule has 3 N–H and O–H groups in total. The summed E-state index contributed by atoms with van der Waals surface area (Å²) in [4.78, 5) is 63.0. The Bertz CT molecular complexity index is 1390. The number of hydrogen-bond acceptors (Lipinski definition) is 7. The predicted octanol–water partition coefficient (Wildman–Crippen LogP) is 2.56. The highest BCUT2D eigenvalue weighted by Crippen LogP contribution is 2.30. The van der Waals surface area contributed by atoms with Crippen LogP contribution in [0.5, 0.6) is 5.75 Å². The van der Waals surface area contributed by atoms with E-state index in [1.165, 1.54) is 25.3 Å². The molecular formula is C26H21N5O6. The number of para-hydroxylation sites is 2. The maximum absolute atomic E-state index is 12.9. The summed E-state index contributed by atoms with van der Waals surface area (Å²) in [7, 11) is 1.38. The number of imide groups is 2. The van der Waals surface area contributed by atoms with Crippen LogP contribution in [0.15, 0.2) is 84.0 Å². The van der Waals surface area contributed by atoms with E-state index in [4.69, 9.17) is 4.74 Å². The summed E-state index contributed by atoms with van der Waals surface area (Å²) < 4.78 is 5.20. The minimum atomic E-state index is -1.46. The van der Waals surface area contributed by atoms with Gasteiger partial charge in [-0.2, -0.15) is 5.10 Å². The van der Waals surface area contributed by atoms with Crippen LogP contribution < -0.4 is 25.7 Å². The van der Waals surface area contributed by atoms with Gasteiger partial charge in [-0.15, -0.1) is 0 Å². The second-order valence-corrected chi connectivity index (χ2v) is 7.73. The van der Waals surface area contributed by atoms with E-state index in [-0.39, 0.29) is 22.9 Å². The van der Waals surface area contributed by atoms with Crippen LogP contribution in [0.1, 0.15) is 20.7 Å². The molecule has 1 atom stereocenters. The van der Waals surface area contributed by atoms with Gasteiger partial charge in [0.1, 0.15) is 5.75 Å². The van der Waals surface area contributed by atoms with Crippen molar-refractivity contribution >= 4 is 47.2 Å². The molecule has 1 heterocycles. The molecule has 11 heteroatoms. The number of urea groups is 1. The van der Waals surface area contributed by atoms with Crippen LogP contribution >= 0.6 is 0 Å². The van der Waals surface area contributed by atoms with E-state index in [2.05, 4.69) is 21.2 Å². The van der Waals surface area contributed by atoms with Crippen LogP contribution in [0.2, 0.25) is 0 Å². The quantitative estimate of drug-likeness (QED) is 0.259. The summed E-state index contributed by atoms with van der Waals surface area (Å²) in [5.74, 6) is -3.84. The molecule has 186 valence electrons. The summed E-state index contributed by atoms with van der Waals surface area (Å²) in [5.41, 5.74) is 3.60. The van der Waals surface area contributed by atoms with E-state index >= 15 is 0 Å². The molecule has 0 saturated carbocycles. The van der Waals surface area contributed by atoms with Crippen molar-refractivity contribution in [3.8, 4) is 5.75 Å². The molecule has 1 aliphatic heterocycles. The van der Waals surface area contributed by atoms with Crippen molar-refractivity contribution in [3.05, 3.63) is 90.0 Å². The fourth-order valence-corrected chi connectivity index (χ4v) is 3.50. The first-order valence-electron chi connectivity index (χ1n) is 11.0. The van der Waals surface area contributed by atoms with Crippen LogP contribution in [-0.4, -0.2) is 43.0 Å². The number of nitrogens with zero attached hydrogens (tertiary/aromatic N) is 2. The minimum absolute atomic E-state index is 0.155. The van der Waals surface area contributed by atoms with Crippen molar-refractivity contribution in [1.29, 1.82) is 0 Å². The fraction of sp³-hybridized carbons (Fsp3) is 0.0769. The number of methoxy groups -OCH3 is 1. The Morgan fingerprint density at radius 3 is 2.24 bits per heavy atom. The number of barbiturate groups is 1. The lowest BCUT2D eigenvalue weighted by Gasteiger charge is -2.29. The summed E-state index contributed by atoms with van der Waals surface area (Å²) in [5, 5.41) is 8.56. The van der Waals surface area contributed by atoms with Crippen LogP contribution in [0, 0.1) is 5.92 Å². The molecule has 11 nitrogen and oxygen atoms in total. The number of hydrogen-bond donors (Lipinski definition) is 3. The summed E-state index contributed by atoms with van der Waals surface area (Å²) >= 11 is 0. The second kappa shape index (κ2) is 11.0. The van der Waals surface area contributed by atoms with Gasteiger partial charge in [-0.1, -0.05) is 30.3 Å². The van der Waals surface area contributed by atoms with Crippen molar-refractivity contribution in [1.82, 2.24) is 10.7 Å². The first-order chi connectivity index (χ1) is 17.9. The maximum Gasteiger partial charge on any atom is 0.335 e. The van der Waals surface area contributed by atoms with Crippen molar-refractivity contribution in [3.63, 3.8) is 0 Å². The Kier molecular flexibility index (Phi) is 7.34. The zero-order valence-corrected chi connectivity index (χ0v) is 19.5. The third kappa shape index (κ3) is 5.51. The van der Waals surface area contributed by atoms with Gasteiger partial charge in [0.25, 0.3) is 17.7 Å². The van der Waals surface area contributed by atoms with Gasteiger partial charge in [0.15, 0.2) is 5.92 Å². The van der Waals surface area contributed by atoms with Crippen LogP contribution in [-0.2, 0) is 9.59 Å². The monoisotopic (exact) mass is 499 g/mol. The number of carbonyl (C=O) groups is 5. The van der Waals surface area contributed by atoms with Crippen molar-refractivity contribution in [2.45, 2.75) is 0 Å². The van der Waals surface area contributed by atoms with Gasteiger partial charge in [0.05, 0.1) is 12.8 Å². The highest BCUT2D eigenvalue weighted by atomic mass is 16.5. The zero-order valence-electron chi connectivity index (χ0n) is 19.5. The van der Waals surface area contributed by atoms with Crippen LogP contribution in [0.25, 0.3) is 0 Å². The standard InChI is InChI=1S/C26H21N5O6/c1-37-21-10-6-5-9-20(21)31-25(35)19(24(34)29-26(31)36)15-27-30-23(33)17-11-13-18(14-12-17)28-22(32)16-7-3-2-4-8-16/h2-15,19H,1H3,(H,28,32)(H,30,33)(H,29,34,36)/b27-15-/t19-/m1/s1. The number of carbonyl (C=O) groups excluding carboxylic acids is 5. The van der Waals surface area contributed by atoms with Crippen LogP contribution in [0.3, 0.4) is 0 Å². The lowest BCUT2D eigenvalue weighted by Crippen LogP contribution is -2.58. The maximum atomic E-state index is 12.9. The number of hydrazone groups is 1. The molecular weight excluding hydrogens is 478 g/mol. The molecule has 6 amide bonds. The molecule has 3 aromatic carbocycles. The normalized spacial score (nSPS) is 15.3. The predicted molar refractivity (Wildman–Crippen MR) is 134 cm³/mol. The molecule has 0 radical (unpaired) electrons. The highest BCUT2D eigenvalue weighted by Gasteiger charge is 2.41. The molecule has 37 heavy (non-hydrogen) atoms. The summed E-state index contributed by atoms with van der Waals surface area (Å²) in [6.07, 6.45) is 0.943. The lowest BCUT2D eigenvalue weighted by molar-refractivity contribution is -0.131. The van der Waals surface area contributed by atoms with Gasteiger partial charge >= 0.3 is 6.03 Å². The topological polar surface area (TPSA) is 146 Å². The summed E-state index contributed by atoms with van der Waals surface area (Å²) in [6.45, 7) is 0. The number of rotatable bonds is 7. The van der Waals surface area contributed by atoms with E-state index in [0.717, 1.165) is 11.1 Å². The largest absolute Gasteiger partial charge is 0.495 e. The van der Waals surface area contributed by atoms with E-state index in [1.807, 2.05) is 0 Å². The van der Waals surface area contributed by atoms with Gasteiger partial charge in [0.2, 0.25) is 5.91 Å². The van der Waals surface area contributed by atoms with E-state index in [0.29, 0.717) is 11.3 Å². The van der Waals surface area contributed by atoms with Crippen molar-refractivity contribution in [2.75, 3.05) is 17.3 Å². The smallest absolute Gasteiger partial charge is 0.335 e. The second-order valence-electron chi connectivity index (χ2n) is 7.73. The Labute approximate surface area is 211 Å². The van der Waals surface area contributed by atoms with Crippen molar-refractivity contribution < 1.29 is 28.7 Å². The third-order valence-electron chi connectivity index (χ3n) is 5.36. The van der Waals surface area contributed by atoms with E-state index in [9.17, 15) is 24.0 Å². The molecule has 0 aliphatic carbocycles. The lowest BCUT2D eigenvalue weighted by atomic mass is 10.1. The Morgan fingerprint density at radius 2 is 1.54 bits per heavy atom. The first-order valence-corrected chi connectivity index (χ1v) is 11.0. The molecule has 0 bridgehead atoms. The zero-order chi connectivity index (χ0) is 26.4. The number of ether oxygens (including phenoxy) is 1. The average molecular weight is 499 g/mol. The Morgan fingerprint density at radius 1 is 0.892 bits per heavy atom. The average Bonchev–Trinajstić information content (AvgIpc) is 2.91. The van der Waals surface area contributed by atoms with E-state index < -0.39 is 29.7 Å².